The summed E-state index contributed by atoms with van der Waals surface area (Å²) in [6.45, 7) is 16.7. The molecule has 0 aliphatic rings. The number of aliphatic hydroxyl groups excluding tert-OH is 1. The second-order valence-corrected chi connectivity index (χ2v) is 13.7. The van der Waals surface area contributed by atoms with Gasteiger partial charge in [0.1, 0.15) is 23.8 Å². The van der Waals surface area contributed by atoms with Crippen LogP contribution in [-0.4, -0.2) is 55.9 Å². The molecule has 0 bridgehead atoms. The molecule has 5 aromatic rings. The van der Waals surface area contributed by atoms with E-state index in [0.717, 1.165) is 50.9 Å². The number of nitrogens with one attached hydrogen (secondary N) is 2. The number of aryl methyl sites for hydroxylation is 3. The largest absolute Gasteiger partial charge is 0.397 e. The number of nitrogens with two attached hydrogens (primary N) is 1. The molecular weight excluding hydrogens is 607 g/mol. The first-order valence-corrected chi connectivity index (χ1v) is 15.8. The van der Waals surface area contributed by atoms with E-state index in [4.69, 9.17) is 28.0 Å². The van der Waals surface area contributed by atoms with E-state index in [0.29, 0.717) is 0 Å². The van der Waals surface area contributed by atoms with Crippen LogP contribution >= 0.6 is 23.6 Å². The van der Waals surface area contributed by atoms with Gasteiger partial charge in [-0.25, -0.2) is 15.0 Å². The van der Waals surface area contributed by atoms with Gasteiger partial charge in [-0.3, -0.25) is 13.9 Å². The van der Waals surface area contributed by atoms with E-state index in [1.165, 1.54) is 0 Å². The van der Waals surface area contributed by atoms with Crippen LogP contribution in [0.15, 0.2) is 48.4 Å². The Kier molecular flexibility index (Phi) is 11.6. The zero-order chi connectivity index (χ0) is 33.5. The standard InChI is InChI=1S/C20H23N7S.C9H16N4S.C2H6O/c1-13-10-27(12-22-13)17-7-6-14(9-21-17)15-11-28-19(23-15)24-18-8-16(20(2,3)4)25-26(18)5;1-9(2,3)6-5-7(11-8(10)14)13(4)12-6;1-2-3/h6-12H,1-5H3,(H,23,24);5H,1-4H3,(H3,10,11,14);3H,2H2,1H3. The molecule has 0 spiro atoms. The monoisotopic (exact) mass is 651 g/mol. The van der Waals surface area contributed by atoms with Crippen molar-refractivity contribution in [1.82, 2.24) is 39.1 Å². The van der Waals surface area contributed by atoms with Gasteiger partial charge in [-0.15, -0.1) is 11.3 Å². The molecule has 5 N–H and O–H groups in total. The van der Waals surface area contributed by atoms with Gasteiger partial charge in [0.2, 0.25) is 0 Å². The molecule has 0 radical (unpaired) electrons. The lowest BCUT2D eigenvalue weighted by Crippen LogP contribution is -2.20. The summed E-state index contributed by atoms with van der Waals surface area (Å²) in [6, 6.07) is 8.03. The number of nitrogens with zero attached hydrogens (tertiary/aromatic N) is 8. The van der Waals surface area contributed by atoms with Crippen molar-refractivity contribution in [3.8, 4) is 17.1 Å². The van der Waals surface area contributed by atoms with Gasteiger partial charge in [-0.05, 0) is 38.2 Å². The van der Waals surface area contributed by atoms with E-state index < -0.39 is 0 Å². The van der Waals surface area contributed by atoms with Gasteiger partial charge in [0.25, 0.3) is 0 Å². The molecule has 5 heterocycles. The van der Waals surface area contributed by atoms with Crippen molar-refractivity contribution in [3.05, 3.63) is 65.4 Å². The van der Waals surface area contributed by atoms with Gasteiger partial charge in [0.15, 0.2) is 10.2 Å². The number of pyridine rings is 1. The van der Waals surface area contributed by atoms with Crippen LogP contribution in [0.1, 0.15) is 65.5 Å². The number of thiocarbonyl (C=S) groups is 1. The van der Waals surface area contributed by atoms with E-state index in [1.54, 1.807) is 29.3 Å². The second kappa shape index (κ2) is 14.8. The molecule has 0 atom stereocenters. The third-order valence-electron chi connectivity index (χ3n) is 6.31. The molecule has 0 unspecified atom stereocenters. The SMILES string of the molecule is CCO.Cc1cn(-c2ccc(-c3csc(Nc4cc(C(C)(C)C)nn4C)n3)cn2)cn1.Cn1nc(C(C)(C)C)cc1NC(N)=S. The van der Waals surface area contributed by atoms with Gasteiger partial charge in [-0.1, -0.05) is 41.5 Å². The molecule has 5 rings (SSSR count). The van der Waals surface area contributed by atoms with Gasteiger partial charge in [-0.2, -0.15) is 10.2 Å². The Morgan fingerprint density at radius 3 is 2.02 bits per heavy atom. The number of hydrogen-bond acceptors (Lipinski definition) is 9. The van der Waals surface area contributed by atoms with E-state index in [2.05, 4.69) is 78.4 Å². The molecule has 12 nitrogen and oxygen atoms in total. The Morgan fingerprint density at radius 1 is 0.978 bits per heavy atom. The van der Waals surface area contributed by atoms with Crippen LogP contribution in [0.3, 0.4) is 0 Å². The fraction of sp³-hybridized carbons (Fsp3) is 0.419. The summed E-state index contributed by atoms with van der Waals surface area (Å²) >= 11 is 6.33. The lowest BCUT2D eigenvalue weighted by atomic mass is 9.92. The maximum atomic E-state index is 7.57. The van der Waals surface area contributed by atoms with Crippen LogP contribution < -0.4 is 16.4 Å². The minimum atomic E-state index is 0.00687. The maximum absolute atomic E-state index is 7.57. The van der Waals surface area contributed by atoms with E-state index in [-0.39, 0.29) is 22.5 Å². The average Bonchev–Trinajstić information content (AvgIpc) is 3.74. The Morgan fingerprint density at radius 2 is 1.56 bits per heavy atom. The fourth-order valence-electron chi connectivity index (χ4n) is 3.84. The molecule has 0 fully saturated rings. The van der Waals surface area contributed by atoms with Gasteiger partial charge in [0, 0.05) is 67.0 Å². The number of imidazole rings is 1. The fourth-order valence-corrected chi connectivity index (χ4v) is 4.67. The Labute approximate surface area is 274 Å². The maximum Gasteiger partial charge on any atom is 0.188 e. The van der Waals surface area contributed by atoms with Gasteiger partial charge >= 0.3 is 0 Å². The highest BCUT2D eigenvalue weighted by molar-refractivity contribution is 7.80. The van der Waals surface area contributed by atoms with Crippen LogP contribution in [0.4, 0.5) is 16.8 Å². The first kappa shape index (κ1) is 35.3. The van der Waals surface area contributed by atoms with Crippen molar-refractivity contribution in [2.24, 2.45) is 19.8 Å². The first-order chi connectivity index (χ1) is 21.0. The lowest BCUT2D eigenvalue weighted by Gasteiger charge is -2.13. The Balaban J connectivity index is 0.000000273. The van der Waals surface area contributed by atoms with Crippen molar-refractivity contribution in [3.63, 3.8) is 0 Å². The van der Waals surface area contributed by atoms with Crippen molar-refractivity contribution in [1.29, 1.82) is 0 Å². The number of aromatic nitrogens is 8. The highest BCUT2D eigenvalue weighted by Gasteiger charge is 2.20. The summed E-state index contributed by atoms with van der Waals surface area (Å²) in [7, 11) is 3.79. The van der Waals surface area contributed by atoms with E-state index >= 15 is 0 Å². The molecular formula is C31H45N11OS2. The summed E-state index contributed by atoms with van der Waals surface area (Å²) < 4.78 is 5.49. The molecule has 0 amide bonds. The third-order valence-corrected chi connectivity index (χ3v) is 7.17. The first-order valence-electron chi connectivity index (χ1n) is 14.5. The molecule has 0 aliphatic carbocycles. The average molecular weight is 652 g/mol. The second-order valence-electron chi connectivity index (χ2n) is 12.4. The van der Waals surface area contributed by atoms with Crippen LogP contribution in [0, 0.1) is 6.92 Å². The normalized spacial score (nSPS) is 11.3. The van der Waals surface area contributed by atoms with Gasteiger partial charge in [0.05, 0.1) is 22.8 Å². The number of anilines is 3. The number of aliphatic hydroxyl groups is 1. The molecule has 242 valence electrons. The molecule has 0 aliphatic heterocycles. The lowest BCUT2D eigenvalue weighted by molar-refractivity contribution is 0.318. The minimum Gasteiger partial charge on any atom is -0.397 e. The van der Waals surface area contributed by atoms with Crippen molar-refractivity contribution < 1.29 is 5.11 Å². The molecule has 14 heteroatoms. The number of rotatable bonds is 5. The van der Waals surface area contributed by atoms with E-state index in [1.807, 2.05) is 66.2 Å². The zero-order valence-electron chi connectivity index (χ0n) is 27.7. The summed E-state index contributed by atoms with van der Waals surface area (Å²) in [6.07, 6.45) is 5.56. The predicted octanol–water partition coefficient (Wildman–Crippen LogP) is 5.85. The third kappa shape index (κ3) is 9.93. The quantitative estimate of drug-likeness (QED) is 0.171. The van der Waals surface area contributed by atoms with Crippen LogP contribution in [0.25, 0.3) is 17.1 Å². The molecule has 0 saturated heterocycles. The molecule has 45 heavy (non-hydrogen) atoms. The van der Waals surface area contributed by atoms with Crippen molar-refractivity contribution in [2.45, 2.75) is 66.2 Å². The molecule has 0 saturated carbocycles. The summed E-state index contributed by atoms with van der Waals surface area (Å²) in [5.41, 5.74) is 10.3. The number of hydrogen-bond donors (Lipinski definition) is 4. The van der Waals surface area contributed by atoms with Crippen LogP contribution in [-0.2, 0) is 24.9 Å². The highest BCUT2D eigenvalue weighted by atomic mass is 32.1. The Hall–Kier alpha value is -4.14. The minimum absolute atomic E-state index is 0.00687. The highest BCUT2D eigenvalue weighted by Crippen LogP contribution is 2.29. The molecule has 5 aromatic heterocycles. The van der Waals surface area contributed by atoms with Crippen molar-refractivity contribution >= 4 is 45.4 Å². The number of thiazole rings is 1. The summed E-state index contributed by atoms with van der Waals surface area (Å²) in [4.78, 5) is 13.5. The predicted molar refractivity (Wildman–Crippen MR) is 187 cm³/mol. The van der Waals surface area contributed by atoms with Crippen molar-refractivity contribution in [2.75, 3.05) is 17.2 Å². The topological polar surface area (TPSA) is 150 Å². The molecule has 0 aromatic carbocycles. The Bertz CT molecular complexity index is 1680. The van der Waals surface area contributed by atoms with Gasteiger partial charge < -0.3 is 21.5 Å². The summed E-state index contributed by atoms with van der Waals surface area (Å²) in [5.74, 6) is 2.58. The summed E-state index contributed by atoms with van der Waals surface area (Å²) in [5, 5.41) is 25.9. The van der Waals surface area contributed by atoms with Crippen LogP contribution in [0.5, 0.6) is 0 Å². The zero-order valence-corrected chi connectivity index (χ0v) is 29.4. The van der Waals surface area contributed by atoms with Crippen LogP contribution in [0.2, 0.25) is 0 Å². The smallest absolute Gasteiger partial charge is 0.188 e. The van der Waals surface area contributed by atoms with E-state index in [9.17, 15) is 0 Å².